The number of nitrogens with zero attached hydrogens (tertiary/aromatic N) is 4. The second-order valence-electron chi connectivity index (χ2n) is 5.29. The zero-order chi connectivity index (χ0) is 15.6. The van der Waals surface area contributed by atoms with Crippen LogP contribution in [0, 0.1) is 0 Å². The predicted octanol–water partition coefficient (Wildman–Crippen LogP) is 0.901. The van der Waals surface area contributed by atoms with E-state index in [-0.39, 0.29) is 11.9 Å². The molecule has 1 aromatic rings. The summed E-state index contributed by atoms with van der Waals surface area (Å²) >= 11 is 0. The number of alkyl halides is 2. The van der Waals surface area contributed by atoms with E-state index in [4.69, 9.17) is 5.11 Å². The maximum atomic E-state index is 12.9. The lowest BCUT2D eigenvalue weighted by Crippen LogP contribution is -2.51. The van der Waals surface area contributed by atoms with Crippen molar-refractivity contribution >= 4 is 5.97 Å². The summed E-state index contributed by atoms with van der Waals surface area (Å²) in [5.41, 5.74) is -1.25. The molecule has 0 aliphatic carbocycles. The summed E-state index contributed by atoms with van der Waals surface area (Å²) in [7, 11) is 3.97. The van der Waals surface area contributed by atoms with Gasteiger partial charge >= 0.3 is 5.97 Å². The Morgan fingerprint density at radius 1 is 1.48 bits per heavy atom. The Balaban J connectivity index is 2.20. The first-order chi connectivity index (χ1) is 9.88. The van der Waals surface area contributed by atoms with Crippen LogP contribution in [0.5, 0.6) is 0 Å². The molecular formula is C13H18F2N4O2. The zero-order valence-corrected chi connectivity index (χ0v) is 12.0. The molecule has 0 amide bonds. The number of carboxylic acids is 1. The fourth-order valence-corrected chi connectivity index (χ4v) is 2.40. The molecule has 1 aliphatic heterocycles. The summed E-state index contributed by atoms with van der Waals surface area (Å²) in [6.45, 7) is 2.63. The summed E-state index contributed by atoms with van der Waals surface area (Å²) < 4.78 is 25.8. The van der Waals surface area contributed by atoms with Gasteiger partial charge in [0.15, 0.2) is 0 Å². The number of carboxylic acid groups (broad SMARTS) is 1. The average molecular weight is 300 g/mol. The Kier molecular flexibility index (Phi) is 4.79. The molecule has 8 heteroatoms. The van der Waals surface area contributed by atoms with E-state index in [1.807, 2.05) is 14.1 Å². The fraction of sp³-hybridized carbons (Fsp3) is 0.615. The van der Waals surface area contributed by atoms with Gasteiger partial charge < -0.3 is 14.9 Å². The molecule has 21 heavy (non-hydrogen) atoms. The number of halogens is 2. The van der Waals surface area contributed by atoms with Crippen molar-refractivity contribution in [3.63, 3.8) is 0 Å². The second kappa shape index (κ2) is 6.40. The van der Waals surface area contributed by atoms with E-state index >= 15 is 0 Å². The number of likely N-dealkylation sites (N-methyl/N-ethyl adjacent to an activating group) is 2. The van der Waals surface area contributed by atoms with Gasteiger partial charge in [-0.05, 0) is 14.1 Å². The summed E-state index contributed by atoms with van der Waals surface area (Å²) in [6, 6.07) is 0.130. The Labute approximate surface area is 121 Å². The van der Waals surface area contributed by atoms with Gasteiger partial charge in [0.05, 0.1) is 0 Å². The molecule has 1 unspecified atom stereocenters. The minimum absolute atomic E-state index is 0.130. The van der Waals surface area contributed by atoms with E-state index in [0.29, 0.717) is 6.42 Å². The Hall–Kier alpha value is -1.67. The zero-order valence-electron chi connectivity index (χ0n) is 12.0. The molecule has 0 spiro atoms. The van der Waals surface area contributed by atoms with Crippen LogP contribution in [0.25, 0.3) is 0 Å². The highest BCUT2D eigenvalue weighted by Crippen LogP contribution is 2.21. The van der Waals surface area contributed by atoms with Gasteiger partial charge in [-0.2, -0.15) is 0 Å². The molecule has 1 aromatic heterocycles. The van der Waals surface area contributed by atoms with Crippen molar-refractivity contribution in [3.8, 4) is 0 Å². The molecule has 0 aromatic carbocycles. The third-order valence-electron chi connectivity index (χ3n) is 3.70. The summed E-state index contributed by atoms with van der Waals surface area (Å²) in [6.07, 6.45) is -1.54. The van der Waals surface area contributed by atoms with Crippen molar-refractivity contribution in [2.75, 3.05) is 33.7 Å². The first kappa shape index (κ1) is 15.7. The number of aromatic nitrogens is 2. The van der Waals surface area contributed by atoms with E-state index < -0.39 is 23.7 Å². The quantitative estimate of drug-likeness (QED) is 0.891. The molecule has 1 saturated heterocycles. The van der Waals surface area contributed by atoms with Gasteiger partial charge in [-0.3, -0.25) is 0 Å². The molecule has 2 rings (SSSR count). The van der Waals surface area contributed by atoms with Crippen molar-refractivity contribution < 1.29 is 18.7 Å². The minimum Gasteiger partial charge on any atom is -0.478 e. The predicted molar refractivity (Wildman–Crippen MR) is 71.6 cm³/mol. The number of hydrogen-bond donors (Lipinski definition) is 1. The lowest BCUT2D eigenvalue weighted by Gasteiger charge is -2.37. The number of hydrogen-bond acceptors (Lipinski definition) is 5. The monoisotopic (exact) mass is 300 g/mol. The highest BCUT2D eigenvalue weighted by Gasteiger charge is 2.25. The number of piperazine rings is 1. The average Bonchev–Trinajstić information content (AvgIpc) is 2.42. The minimum atomic E-state index is -2.93. The van der Waals surface area contributed by atoms with Crippen molar-refractivity contribution in [1.82, 2.24) is 19.8 Å². The van der Waals surface area contributed by atoms with Gasteiger partial charge in [-0.25, -0.2) is 23.5 Å². The van der Waals surface area contributed by atoms with Crippen LogP contribution in [0.4, 0.5) is 8.78 Å². The molecule has 0 radical (unpaired) electrons. The normalized spacial score (nSPS) is 20.9. The lowest BCUT2D eigenvalue weighted by molar-refractivity contribution is 0.0681. The maximum Gasteiger partial charge on any atom is 0.339 e. The third kappa shape index (κ3) is 3.70. The lowest BCUT2D eigenvalue weighted by atomic mass is 10.1. The van der Waals surface area contributed by atoms with Crippen LogP contribution < -0.4 is 0 Å². The number of aromatic carboxylic acids is 1. The highest BCUT2D eigenvalue weighted by atomic mass is 19.3. The molecule has 1 atom stereocenters. The van der Waals surface area contributed by atoms with Crippen LogP contribution in [-0.2, 0) is 6.42 Å². The summed E-state index contributed by atoms with van der Waals surface area (Å²) in [5.74, 6) is -1.19. The first-order valence-corrected chi connectivity index (χ1v) is 6.64. The van der Waals surface area contributed by atoms with Crippen molar-refractivity contribution in [2.24, 2.45) is 0 Å². The van der Waals surface area contributed by atoms with Crippen LogP contribution in [-0.4, -0.2) is 70.6 Å². The van der Waals surface area contributed by atoms with Gasteiger partial charge in [0.1, 0.15) is 17.1 Å². The van der Waals surface area contributed by atoms with Gasteiger partial charge in [0.2, 0.25) is 0 Å². The molecule has 1 N–H and O–H groups in total. The van der Waals surface area contributed by atoms with E-state index in [1.54, 1.807) is 0 Å². The Bertz CT molecular complexity index is 527. The molecule has 2 heterocycles. The van der Waals surface area contributed by atoms with Crippen LogP contribution >= 0.6 is 0 Å². The number of rotatable bonds is 4. The molecule has 1 aliphatic rings. The topological polar surface area (TPSA) is 69.6 Å². The standard InChI is InChI=1S/C13H18F2N4O2/c1-18-3-4-19(2)8(7-18)5-10-16-6-9(13(20)21)11(17-10)12(14)15/h6,8,12H,3-5,7H2,1-2H3,(H,20,21). The molecule has 116 valence electrons. The van der Waals surface area contributed by atoms with Gasteiger partial charge in [0.25, 0.3) is 6.43 Å². The van der Waals surface area contributed by atoms with Crippen LogP contribution in [0.1, 0.15) is 28.3 Å². The van der Waals surface area contributed by atoms with E-state index in [0.717, 1.165) is 25.8 Å². The van der Waals surface area contributed by atoms with Gasteiger partial charge in [0, 0.05) is 38.3 Å². The fourth-order valence-electron chi connectivity index (χ4n) is 2.40. The van der Waals surface area contributed by atoms with Crippen LogP contribution in [0.15, 0.2) is 6.20 Å². The molecule has 0 bridgehead atoms. The molecule has 6 nitrogen and oxygen atoms in total. The van der Waals surface area contributed by atoms with Crippen LogP contribution in [0.2, 0.25) is 0 Å². The third-order valence-corrected chi connectivity index (χ3v) is 3.70. The van der Waals surface area contributed by atoms with Gasteiger partial charge in [-0.15, -0.1) is 0 Å². The summed E-state index contributed by atoms with van der Waals surface area (Å²) in [5, 5.41) is 8.88. The van der Waals surface area contributed by atoms with Gasteiger partial charge in [-0.1, -0.05) is 0 Å². The molecular weight excluding hydrogens is 282 g/mol. The Morgan fingerprint density at radius 2 is 2.19 bits per heavy atom. The van der Waals surface area contributed by atoms with Crippen molar-refractivity contribution in [2.45, 2.75) is 18.9 Å². The second-order valence-corrected chi connectivity index (χ2v) is 5.29. The smallest absolute Gasteiger partial charge is 0.339 e. The molecule has 1 fully saturated rings. The SMILES string of the molecule is CN1CCN(C)C(Cc2ncc(C(=O)O)c(C(F)F)n2)C1. The van der Waals surface area contributed by atoms with E-state index in [2.05, 4.69) is 19.8 Å². The number of carbonyl (C=O) groups is 1. The summed E-state index contributed by atoms with van der Waals surface area (Å²) in [4.78, 5) is 22.9. The van der Waals surface area contributed by atoms with Crippen molar-refractivity contribution in [1.29, 1.82) is 0 Å². The highest BCUT2D eigenvalue weighted by molar-refractivity contribution is 5.88. The van der Waals surface area contributed by atoms with Crippen molar-refractivity contribution in [3.05, 3.63) is 23.3 Å². The largest absolute Gasteiger partial charge is 0.478 e. The van der Waals surface area contributed by atoms with Crippen LogP contribution in [0.3, 0.4) is 0 Å². The molecule has 0 saturated carbocycles. The maximum absolute atomic E-state index is 12.9. The Morgan fingerprint density at radius 3 is 2.81 bits per heavy atom. The van der Waals surface area contributed by atoms with E-state index in [1.165, 1.54) is 0 Å². The first-order valence-electron chi connectivity index (χ1n) is 6.64. The van der Waals surface area contributed by atoms with E-state index in [9.17, 15) is 13.6 Å².